The van der Waals surface area contributed by atoms with E-state index in [4.69, 9.17) is 10.5 Å². The molecule has 2 N–H and O–H groups in total. The Kier molecular flexibility index (Phi) is 4.87. The minimum atomic E-state index is -1.12. The Morgan fingerprint density at radius 3 is 2.48 bits per heavy atom. The Bertz CT molecular complexity index is 630. The molecule has 5 heteroatoms. The first kappa shape index (κ1) is 15.0. The predicted molar refractivity (Wildman–Crippen MR) is 75.8 cm³/mol. The molecule has 2 rings (SSSR count). The van der Waals surface area contributed by atoms with Gasteiger partial charge in [-0.3, -0.25) is 0 Å². The molecule has 3 nitrogen and oxygen atoms in total. The third-order valence-corrected chi connectivity index (χ3v) is 3.00. The van der Waals surface area contributed by atoms with Crippen LogP contribution in [0, 0.1) is 11.6 Å². The number of hydrogen-bond acceptors (Lipinski definition) is 3. The molecule has 0 aliphatic heterocycles. The van der Waals surface area contributed by atoms with Gasteiger partial charge in [-0.1, -0.05) is 30.3 Å². The largest absolute Gasteiger partial charge is 0.462 e. The van der Waals surface area contributed by atoms with E-state index < -0.39 is 17.6 Å². The van der Waals surface area contributed by atoms with Crippen LogP contribution < -0.4 is 5.73 Å². The number of anilines is 1. The Hall–Kier alpha value is -2.43. The summed E-state index contributed by atoms with van der Waals surface area (Å²) in [7, 11) is 0. The minimum absolute atomic E-state index is 0.137. The van der Waals surface area contributed by atoms with E-state index in [-0.39, 0.29) is 17.9 Å². The van der Waals surface area contributed by atoms with E-state index >= 15 is 0 Å². The van der Waals surface area contributed by atoms with E-state index in [1.165, 1.54) is 0 Å². The maximum absolute atomic E-state index is 13.1. The van der Waals surface area contributed by atoms with Gasteiger partial charge in [-0.15, -0.1) is 0 Å². The van der Waals surface area contributed by atoms with E-state index in [1.807, 2.05) is 30.3 Å². The van der Waals surface area contributed by atoms with Crippen molar-refractivity contribution >= 4 is 11.7 Å². The van der Waals surface area contributed by atoms with Gasteiger partial charge in [0, 0.05) is 11.8 Å². The van der Waals surface area contributed by atoms with Crippen LogP contribution in [-0.2, 0) is 11.2 Å². The van der Waals surface area contributed by atoms with Crippen LogP contribution in [0.15, 0.2) is 42.5 Å². The summed E-state index contributed by atoms with van der Waals surface area (Å²) in [5.74, 6) is -2.96. The summed E-state index contributed by atoms with van der Waals surface area (Å²) in [5.41, 5.74) is 6.32. The average Bonchev–Trinajstić information content (AvgIpc) is 2.48. The SMILES string of the molecule is Nc1cc(F)c(F)cc1C(=O)OCCCc1ccccc1. The lowest BCUT2D eigenvalue weighted by molar-refractivity contribution is 0.0501. The molecule has 0 saturated carbocycles. The van der Waals surface area contributed by atoms with Crippen LogP contribution in [0.1, 0.15) is 22.3 Å². The second-order valence-electron chi connectivity index (χ2n) is 4.58. The summed E-state index contributed by atoms with van der Waals surface area (Å²) in [6.07, 6.45) is 1.40. The second-order valence-corrected chi connectivity index (χ2v) is 4.58. The zero-order valence-electron chi connectivity index (χ0n) is 11.3. The molecule has 0 aromatic heterocycles. The van der Waals surface area contributed by atoms with Crippen LogP contribution in [-0.4, -0.2) is 12.6 Å². The zero-order valence-corrected chi connectivity index (χ0v) is 11.3. The first-order valence-electron chi connectivity index (χ1n) is 6.53. The number of hydrogen-bond donors (Lipinski definition) is 1. The first-order valence-corrected chi connectivity index (χ1v) is 6.53. The molecule has 2 aromatic carbocycles. The molecule has 110 valence electrons. The summed E-state index contributed by atoms with van der Waals surface area (Å²) < 4.78 is 31.0. The lowest BCUT2D eigenvalue weighted by Crippen LogP contribution is -2.11. The van der Waals surface area contributed by atoms with E-state index in [0.717, 1.165) is 24.1 Å². The molecule has 2 aromatic rings. The number of aryl methyl sites for hydroxylation is 1. The molecule has 0 aliphatic rings. The number of ether oxygens (including phenoxy) is 1. The first-order chi connectivity index (χ1) is 10.1. The van der Waals surface area contributed by atoms with Crippen molar-refractivity contribution in [2.45, 2.75) is 12.8 Å². The van der Waals surface area contributed by atoms with Crippen molar-refractivity contribution in [3.8, 4) is 0 Å². The maximum Gasteiger partial charge on any atom is 0.340 e. The fourth-order valence-electron chi connectivity index (χ4n) is 1.90. The number of nitrogens with two attached hydrogens (primary N) is 1. The van der Waals surface area contributed by atoms with E-state index in [1.54, 1.807) is 0 Å². The van der Waals surface area contributed by atoms with Gasteiger partial charge < -0.3 is 10.5 Å². The molecular formula is C16H15F2NO2. The minimum Gasteiger partial charge on any atom is -0.462 e. The normalized spacial score (nSPS) is 10.4. The number of nitrogen functional groups attached to an aromatic ring is 1. The highest BCUT2D eigenvalue weighted by molar-refractivity contribution is 5.95. The fraction of sp³-hybridized carbons (Fsp3) is 0.188. The second kappa shape index (κ2) is 6.83. The smallest absolute Gasteiger partial charge is 0.340 e. The van der Waals surface area contributed by atoms with Gasteiger partial charge in [-0.2, -0.15) is 0 Å². The monoisotopic (exact) mass is 291 g/mol. The summed E-state index contributed by atoms with van der Waals surface area (Å²) >= 11 is 0. The van der Waals surface area contributed by atoms with Gasteiger partial charge in [0.2, 0.25) is 0 Å². The van der Waals surface area contributed by atoms with E-state index in [9.17, 15) is 13.6 Å². The molecule has 0 aliphatic carbocycles. The van der Waals surface area contributed by atoms with Crippen molar-refractivity contribution in [1.82, 2.24) is 0 Å². The standard InChI is InChI=1S/C16H15F2NO2/c17-13-9-12(15(19)10-14(13)18)16(20)21-8-4-7-11-5-2-1-3-6-11/h1-3,5-6,9-10H,4,7-8,19H2. The third-order valence-electron chi connectivity index (χ3n) is 3.00. The van der Waals surface area contributed by atoms with Crippen molar-refractivity contribution < 1.29 is 18.3 Å². The van der Waals surface area contributed by atoms with Crippen LogP contribution in [0.2, 0.25) is 0 Å². The number of esters is 1. The van der Waals surface area contributed by atoms with Crippen molar-refractivity contribution in [3.63, 3.8) is 0 Å². The number of halogens is 2. The molecule has 0 unspecified atom stereocenters. The van der Waals surface area contributed by atoms with Gasteiger partial charge in [-0.05, 0) is 24.5 Å². The van der Waals surface area contributed by atoms with Gasteiger partial charge in [0.1, 0.15) is 0 Å². The molecule has 0 saturated heterocycles. The highest BCUT2D eigenvalue weighted by Gasteiger charge is 2.15. The Balaban J connectivity index is 1.86. The molecule has 0 atom stereocenters. The molecular weight excluding hydrogens is 276 g/mol. The zero-order chi connectivity index (χ0) is 15.2. The van der Waals surface area contributed by atoms with Crippen LogP contribution in [0.25, 0.3) is 0 Å². The van der Waals surface area contributed by atoms with Gasteiger partial charge in [0.05, 0.1) is 12.2 Å². The molecule has 0 heterocycles. The Morgan fingerprint density at radius 1 is 1.10 bits per heavy atom. The van der Waals surface area contributed by atoms with Crippen molar-refractivity contribution in [1.29, 1.82) is 0 Å². The molecule has 0 bridgehead atoms. The lowest BCUT2D eigenvalue weighted by atomic mass is 10.1. The maximum atomic E-state index is 13.1. The number of carbonyl (C=O) groups is 1. The van der Waals surface area contributed by atoms with E-state index in [0.29, 0.717) is 6.42 Å². The summed E-state index contributed by atoms with van der Waals surface area (Å²) in [6, 6.07) is 11.3. The molecule has 0 spiro atoms. The predicted octanol–water partition coefficient (Wildman–Crippen LogP) is 3.34. The quantitative estimate of drug-likeness (QED) is 0.522. The van der Waals surface area contributed by atoms with Gasteiger partial charge in [-0.25, -0.2) is 13.6 Å². The van der Waals surface area contributed by atoms with Crippen LogP contribution in [0.3, 0.4) is 0 Å². The third kappa shape index (κ3) is 4.02. The summed E-state index contributed by atoms with van der Waals surface area (Å²) in [5, 5.41) is 0. The number of carbonyl (C=O) groups excluding carboxylic acids is 1. The van der Waals surface area contributed by atoms with Gasteiger partial charge in [0.25, 0.3) is 0 Å². The molecule has 0 amide bonds. The Labute approximate surface area is 121 Å². The fourth-order valence-corrected chi connectivity index (χ4v) is 1.90. The number of benzene rings is 2. The highest BCUT2D eigenvalue weighted by atomic mass is 19.2. The van der Waals surface area contributed by atoms with Crippen molar-refractivity contribution in [2.24, 2.45) is 0 Å². The number of rotatable bonds is 5. The van der Waals surface area contributed by atoms with Crippen LogP contribution in [0.4, 0.5) is 14.5 Å². The van der Waals surface area contributed by atoms with Crippen LogP contribution in [0.5, 0.6) is 0 Å². The van der Waals surface area contributed by atoms with Gasteiger partial charge >= 0.3 is 5.97 Å². The van der Waals surface area contributed by atoms with E-state index in [2.05, 4.69) is 0 Å². The lowest BCUT2D eigenvalue weighted by Gasteiger charge is -2.07. The highest BCUT2D eigenvalue weighted by Crippen LogP contribution is 2.18. The van der Waals surface area contributed by atoms with Crippen molar-refractivity contribution in [3.05, 3.63) is 65.2 Å². The molecule has 0 fully saturated rings. The summed E-state index contributed by atoms with van der Waals surface area (Å²) in [4.78, 5) is 11.7. The van der Waals surface area contributed by atoms with Gasteiger partial charge in [0.15, 0.2) is 11.6 Å². The molecule has 21 heavy (non-hydrogen) atoms. The summed E-state index contributed by atoms with van der Waals surface area (Å²) in [6.45, 7) is 0.187. The van der Waals surface area contributed by atoms with Crippen molar-refractivity contribution in [2.75, 3.05) is 12.3 Å². The Morgan fingerprint density at radius 2 is 1.76 bits per heavy atom. The topological polar surface area (TPSA) is 52.3 Å². The molecule has 0 radical (unpaired) electrons. The average molecular weight is 291 g/mol. The van der Waals surface area contributed by atoms with Crippen LogP contribution >= 0.6 is 0 Å².